The molecule has 0 aliphatic rings. The third kappa shape index (κ3) is 1.78. The van der Waals surface area contributed by atoms with E-state index in [1.54, 1.807) is 0 Å². The SMILES string of the molecule is O=Cc1nn(-c2ccccc2Br)cc1O. The van der Waals surface area contributed by atoms with Crippen molar-refractivity contribution < 1.29 is 9.90 Å². The predicted molar refractivity (Wildman–Crippen MR) is 58.3 cm³/mol. The lowest BCUT2D eigenvalue weighted by Gasteiger charge is -2.02. The number of para-hydroxylation sites is 1. The first-order valence-electron chi connectivity index (χ1n) is 4.21. The van der Waals surface area contributed by atoms with Gasteiger partial charge >= 0.3 is 0 Å². The van der Waals surface area contributed by atoms with Crippen molar-refractivity contribution in [2.45, 2.75) is 0 Å². The zero-order valence-corrected chi connectivity index (χ0v) is 9.18. The van der Waals surface area contributed by atoms with Crippen LogP contribution in [0.4, 0.5) is 0 Å². The first kappa shape index (κ1) is 9.92. The number of aromatic nitrogens is 2. The largest absolute Gasteiger partial charge is 0.504 e. The Bertz CT molecular complexity index is 508. The molecule has 1 aromatic heterocycles. The maximum Gasteiger partial charge on any atom is 0.174 e. The van der Waals surface area contributed by atoms with E-state index in [1.165, 1.54) is 10.9 Å². The second-order valence-corrected chi connectivity index (χ2v) is 3.77. The molecule has 2 aromatic rings. The van der Waals surface area contributed by atoms with Gasteiger partial charge in [0.05, 0.1) is 11.9 Å². The molecule has 15 heavy (non-hydrogen) atoms. The molecule has 1 aromatic carbocycles. The van der Waals surface area contributed by atoms with E-state index < -0.39 is 0 Å². The summed E-state index contributed by atoms with van der Waals surface area (Å²) < 4.78 is 2.29. The second kappa shape index (κ2) is 3.86. The van der Waals surface area contributed by atoms with Gasteiger partial charge in [-0.3, -0.25) is 4.79 Å². The van der Waals surface area contributed by atoms with Crippen molar-refractivity contribution in [2.75, 3.05) is 0 Å². The molecule has 0 aliphatic heterocycles. The molecule has 5 heteroatoms. The van der Waals surface area contributed by atoms with Gasteiger partial charge in [-0.2, -0.15) is 5.10 Å². The lowest BCUT2D eigenvalue weighted by molar-refractivity contribution is 0.111. The molecule has 0 unspecified atom stereocenters. The van der Waals surface area contributed by atoms with E-state index in [2.05, 4.69) is 21.0 Å². The fourth-order valence-corrected chi connectivity index (χ4v) is 1.69. The van der Waals surface area contributed by atoms with Crippen molar-refractivity contribution in [1.82, 2.24) is 9.78 Å². The van der Waals surface area contributed by atoms with Crippen LogP contribution in [0.25, 0.3) is 5.69 Å². The van der Waals surface area contributed by atoms with Crippen LogP contribution >= 0.6 is 15.9 Å². The summed E-state index contributed by atoms with van der Waals surface area (Å²) in [6.07, 6.45) is 1.91. The Morgan fingerprint density at radius 3 is 2.73 bits per heavy atom. The highest BCUT2D eigenvalue weighted by molar-refractivity contribution is 9.10. The standard InChI is InChI=1S/C10H7BrN2O2/c11-7-3-1-2-4-9(7)13-5-10(15)8(6-14)12-13/h1-6,15H. The van der Waals surface area contributed by atoms with E-state index >= 15 is 0 Å². The van der Waals surface area contributed by atoms with Gasteiger partial charge in [-0.05, 0) is 28.1 Å². The van der Waals surface area contributed by atoms with Crippen LogP contribution in [0.3, 0.4) is 0 Å². The van der Waals surface area contributed by atoms with Crippen molar-refractivity contribution in [3.63, 3.8) is 0 Å². The number of aromatic hydroxyl groups is 1. The van der Waals surface area contributed by atoms with Crippen molar-refractivity contribution in [3.05, 3.63) is 40.6 Å². The van der Waals surface area contributed by atoms with E-state index in [0.29, 0.717) is 6.29 Å². The van der Waals surface area contributed by atoms with Crippen molar-refractivity contribution in [3.8, 4) is 11.4 Å². The number of hydrogen-bond donors (Lipinski definition) is 1. The summed E-state index contributed by atoms with van der Waals surface area (Å²) >= 11 is 3.36. The van der Waals surface area contributed by atoms with Crippen LogP contribution in [-0.4, -0.2) is 21.2 Å². The molecule has 0 amide bonds. The molecule has 4 nitrogen and oxygen atoms in total. The quantitative estimate of drug-likeness (QED) is 0.848. The molecule has 0 spiro atoms. The Morgan fingerprint density at radius 2 is 2.13 bits per heavy atom. The first-order valence-corrected chi connectivity index (χ1v) is 5.00. The van der Waals surface area contributed by atoms with Crippen LogP contribution in [0.1, 0.15) is 10.5 Å². The average Bonchev–Trinajstić information content (AvgIpc) is 2.60. The maximum atomic E-state index is 10.5. The zero-order valence-electron chi connectivity index (χ0n) is 7.59. The third-order valence-electron chi connectivity index (χ3n) is 1.93. The Balaban J connectivity index is 2.55. The molecule has 76 valence electrons. The highest BCUT2D eigenvalue weighted by Crippen LogP contribution is 2.22. The molecule has 2 rings (SSSR count). The van der Waals surface area contributed by atoms with Crippen molar-refractivity contribution >= 4 is 22.2 Å². The number of carbonyl (C=O) groups is 1. The number of hydrogen-bond acceptors (Lipinski definition) is 3. The summed E-state index contributed by atoms with van der Waals surface area (Å²) in [5, 5.41) is 13.3. The molecular weight excluding hydrogens is 260 g/mol. The normalized spacial score (nSPS) is 10.2. The Hall–Kier alpha value is -1.62. The van der Waals surface area contributed by atoms with E-state index in [1.807, 2.05) is 24.3 Å². The fourth-order valence-electron chi connectivity index (χ4n) is 1.22. The monoisotopic (exact) mass is 266 g/mol. The van der Waals surface area contributed by atoms with Crippen LogP contribution in [0.15, 0.2) is 34.9 Å². The number of nitrogens with zero attached hydrogens (tertiary/aromatic N) is 2. The van der Waals surface area contributed by atoms with Crippen molar-refractivity contribution in [1.29, 1.82) is 0 Å². The van der Waals surface area contributed by atoms with Crippen LogP contribution in [0.2, 0.25) is 0 Å². The Morgan fingerprint density at radius 1 is 1.40 bits per heavy atom. The minimum atomic E-state index is -0.124. The van der Waals surface area contributed by atoms with Gasteiger partial charge in [0.2, 0.25) is 0 Å². The van der Waals surface area contributed by atoms with Crippen LogP contribution in [0.5, 0.6) is 5.75 Å². The molecule has 0 fully saturated rings. The molecular formula is C10H7BrN2O2. The number of carbonyl (C=O) groups excluding carboxylic acids is 1. The van der Waals surface area contributed by atoms with Gasteiger partial charge < -0.3 is 5.11 Å². The van der Waals surface area contributed by atoms with Gasteiger partial charge in [0, 0.05) is 4.47 Å². The third-order valence-corrected chi connectivity index (χ3v) is 2.60. The lowest BCUT2D eigenvalue weighted by Crippen LogP contribution is -1.96. The van der Waals surface area contributed by atoms with E-state index in [4.69, 9.17) is 0 Å². The minimum Gasteiger partial charge on any atom is -0.504 e. The summed E-state index contributed by atoms with van der Waals surface area (Å²) in [7, 11) is 0. The number of halogens is 1. The molecule has 0 aliphatic carbocycles. The number of rotatable bonds is 2. The summed E-state index contributed by atoms with van der Waals surface area (Å²) in [6.45, 7) is 0. The van der Waals surface area contributed by atoms with E-state index in [9.17, 15) is 9.90 Å². The van der Waals surface area contributed by atoms with E-state index in [0.717, 1.165) is 10.2 Å². The fraction of sp³-hybridized carbons (Fsp3) is 0. The smallest absolute Gasteiger partial charge is 0.174 e. The van der Waals surface area contributed by atoms with Crippen molar-refractivity contribution in [2.24, 2.45) is 0 Å². The van der Waals surface area contributed by atoms with Crippen LogP contribution in [-0.2, 0) is 0 Å². The first-order chi connectivity index (χ1) is 7.22. The highest BCUT2D eigenvalue weighted by Gasteiger charge is 2.09. The van der Waals surface area contributed by atoms with Gasteiger partial charge in [-0.1, -0.05) is 12.1 Å². The number of benzene rings is 1. The zero-order chi connectivity index (χ0) is 10.8. The van der Waals surface area contributed by atoms with Gasteiger partial charge in [-0.25, -0.2) is 4.68 Å². The Labute approximate surface area is 94.3 Å². The molecule has 0 atom stereocenters. The number of aldehydes is 1. The van der Waals surface area contributed by atoms with Gasteiger partial charge in [0.15, 0.2) is 17.7 Å². The Kier molecular flexibility index (Phi) is 2.55. The minimum absolute atomic E-state index is 0.0331. The van der Waals surface area contributed by atoms with E-state index in [-0.39, 0.29) is 11.4 Å². The lowest BCUT2D eigenvalue weighted by atomic mass is 10.3. The average molecular weight is 267 g/mol. The highest BCUT2D eigenvalue weighted by atomic mass is 79.9. The van der Waals surface area contributed by atoms with Gasteiger partial charge in [0.1, 0.15) is 0 Å². The van der Waals surface area contributed by atoms with Crippen LogP contribution < -0.4 is 0 Å². The summed E-state index contributed by atoms with van der Waals surface area (Å²) in [5.41, 5.74) is 0.798. The van der Waals surface area contributed by atoms with Gasteiger partial charge in [0.25, 0.3) is 0 Å². The summed E-state index contributed by atoms with van der Waals surface area (Å²) in [6, 6.07) is 7.40. The second-order valence-electron chi connectivity index (χ2n) is 2.91. The maximum absolute atomic E-state index is 10.5. The molecule has 0 bridgehead atoms. The topological polar surface area (TPSA) is 55.1 Å². The molecule has 1 heterocycles. The predicted octanol–water partition coefficient (Wildman–Crippen LogP) is 2.15. The molecule has 0 radical (unpaired) electrons. The summed E-state index contributed by atoms with van der Waals surface area (Å²) in [5.74, 6) is -0.124. The molecule has 1 N–H and O–H groups in total. The van der Waals surface area contributed by atoms with Gasteiger partial charge in [-0.15, -0.1) is 0 Å². The molecule has 0 saturated carbocycles. The summed E-state index contributed by atoms with van der Waals surface area (Å²) in [4.78, 5) is 10.5. The molecule has 0 saturated heterocycles. The van der Waals surface area contributed by atoms with Crippen LogP contribution in [0, 0.1) is 0 Å².